The highest BCUT2D eigenvalue weighted by Crippen LogP contribution is 2.32. The van der Waals surface area contributed by atoms with E-state index in [2.05, 4.69) is 29.4 Å². The Bertz CT molecular complexity index is 1010. The molecule has 1 aliphatic rings. The number of hydrogen-bond donors (Lipinski definition) is 1. The zero-order valence-corrected chi connectivity index (χ0v) is 16.2. The summed E-state index contributed by atoms with van der Waals surface area (Å²) in [6.07, 6.45) is 1.07. The van der Waals surface area contributed by atoms with Crippen LogP contribution < -0.4 is 14.4 Å². The summed E-state index contributed by atoms with van der Waals surface area (Å²) in [6.45, 7) is 2.69. The molecule has 0 bridgehead atoms. The summed E-state index contributed by atoms with van der Waals surface area (Å²) in [7, 11) is 3.23. The maximum atomic E-state index is 5.76. The number of rotatable bonds is 5. The van der Waals surface area contributed by atoms with Crippen LogP contribution in [-0.4, -0.2) is 30.5 Å². The van der Waals surface area contributed by atoms with Gasteiger partial charge in [-0.05, 0) is 29.9 Å². The summed E-state index contributed by atoms with van der Waals surface area (Å²) in [6, 6.07) is 14.1. The minimum Gasteiger partial charge on any atom is -0.497 e. The summed E-state index contributed by atoms with van der Waals surface area (Å²) in [5.41, 5.74) is 3.58. The van der Waals surface area contributed by atoms with Gasteiger partial charge in [0.2, 0.25) is 0 Å². The molecular formula is C20H22N3O3S+. The number of fused-ring (bicyclic) bond motifs is 1. The average Bonchev–Trinajstić information content (AvgIpc) is 3.07. The first kappa shape index (κ1) is 17.8. The van der Waals surface area contributed by atoms with Gasteiger partial charge in [-0.1, -0.05) is 24.3 Å². The normalized spacial score (nSPS) is 16.0. The zero-order valence-electron chi connectivity index (χ0n) is 15.4. The molecule has 3 aromatic rings. The Morgan fingerprint density at radius 2 is 1.96 bits per heavy atom. The zero-order chi connectivity index (χ0) is 18.8. The van der Waals surface area contributed by atoms with Crippen LogP contribution in [0.5, 0.6) is 11.5 Å². The van der Waals surface area contributed by atoms with Crippen LogP contribution in [0.4, 0.5) is 0 Å². The first-order valence-corrected chi connectivity index (χ1v) is 9.29. The van der Waals surface area contributed by atoms with E-state index in [0.29, 0.717) is 28.9 Å². The molecule has 4 rings (SSSR count). The minimum absolute atomic E-state index is 0.370. The van der Waals surface area contributed by atoms with E-state index in [1.54, 1.807) is 25.0 Å². The molecule has 2 aromatic carbocycles. The van der Waals surface area contributed by atoms with E-state index >= 15 is 0 Å². The molecule has 140 valence electrons. The second kappa shape index (κ2) is 7.54. The molecule has 0 amide bonds. The minimum atomic E-state index is 0.370. The van der Waals surface area contributed by atoms with Crippen molar-refractivity contribution in [2.45, 2.75) is 19.6 Å². The first-order chi connectivity index (χ1) is 13.2. The number of nitrogens with one attached hydrogen (secondary N) is 1. The number of nitrogens with zero attached hydrogens (tertiary/aromatic N) is 2. The van der Waals surface area contributed by atoms with Crippen molar-refractivity contribution in [3.05, 3.63) is 58.4 Å². The number of quaternary nitrogens is 1. The van der Waals surface area contributed by atoms with Gasteiger partial charge < -0.3 is 18.8 Å². The molecule has 6 nitrogen and oxygen atoms in total. The van der Waals surface area contributed by atoms with Crippen molar-refractivity contribution < 1.29 is 18.8 Å². The smallest absolute Gasteiger partial charge is 0.292 e. The van der Waals surface area contributed by atoms with Crippen LogP contribution in [0.1, 0.15) is 11.1 Å². The van der Waals surface area contributed by atoms with E-state index in [1.807, 2.05) is 12.1 Å². The Labute approximate surface area is 162 Å². The summed E-state index contributed by atoms with van der Waals surface area (Å²) in [5.74, 6) is 1.80. The summed E-state index contributed by atoms with van der Waals surface area (Å²) >= 11 is 5.40. The Morgan fingerprint density at radius 3 is 2.74 bits per heavy atom. The number of benzene rings is 2. The Hall–Kier alpha value is -2.64. The second-order valence-electron chi connectivity index (χ2n) is 6.59. The SMILES string of the molecule is COc1ccc(-c2nn(C[NH+]3CCc4ccccc4C3)c(=S)o2)c(OC)c1. The molecule has 1 aliphatic heterocycles. The molecule has 1 aromatic heterocycles. The van der Waals surface area contributed by atoms with E-state index in [1.165, 1.54) is 16.0 Å². The van der Waals surface area contributed by atoms with Crippen LogP contribution in [0.15, 0.2) is 46.9 Å². The van der Waals surface area contributed by atoms with E-state index in [-0.39, 0.29) is 0 Å². The third-order valence-electron chi connectivity index (χ3n) is 4.93. The molecule has 1 atom stereocenters. The van der Waals surface area contributed by atoms with Gasteiger partial charge in [0.1, 0.15) is 18.0 Å². The van der Waals surface area contributed by atoms with Crippen molar-refractivity contribution in [1.29, 1.82) is 0 Å². The van der Waals surface area contributed by atoms with Gasteiger partial charge in [-0.2, -0.15) is 4.68 Å². The number of methoxy groups -OCH3 is 2. The van der Waals surface area contributed by atoms with Gasteiger partial charge in [-0.3, -0.25) is 0 Å². The Balaban J connectivity index is 1.57. The Kier molecular flexibility index (Phi) is 4.96. The maximum absolute atomic E-state index is 5.76. The van der Waals surface area contributed by atoms with E-state index in [0.717, 1.165) is 25.1 Å². The third-order valence-corrected chi connectivity index (χ3v) is 5.22. The molecular weight excluding hydrogens is 362 g/mol. The molecule has 0 radical (unpaired) electrons. The topological polar surface area (TPSA) is 53.9 Å². The highest BCUT2D eigenvalue weighted by atomic mass is 32.1. The van der Waals surface area contributed by atoms with E-state index in [9.17, 15) is 0 Å². The summed E-state index contributed by atoms with van der Waals surface area (Å²) in [5, 5.41) is 4.60. The van der Waals surface area contributed by atoms with Crippen molar-refractivity contribution in [2.75, 3.05) is 20.8 Å². The van der Waals surface area contributed by atoms with Gasteiger partial charge in [0, 0.05) is 18.1 Å². The third kappa shape index (κ3) is 3.61. The summed E-state index contributed by atoms with van der Waals surface area (Å²) in [4.78, 5) is 1.78. The number of ether oxygens (including phenoxy) is 2. The lowest BCUT2D eigenvalue weighted by atomic mass is 10.0. The summed E-state index contributed by atoms with van der Waals surface area (Å²) < 4.78 is 18.2. The van der Waals surface area contributed by atoms with Gasteiger partial charge in [0.25, 0.3) is 10.7 Å². The van der Waals surface area contributed by atoms with Crippen molar-refractivity contribution in [3.8, 4) is 23.0 Å². The highest BCUT2D eigenvalue weighted by Gasteiger charge is 2.21. The second-order valence-corrected chi connectivity index (χ2v) is 6.94. The standard InChI is InChI=1S/C20H21N3O3S/c1-24-16-7-8-17(18(11-16)25-2)19-21-23(20(27)26-19)13-22-10-9-14-5-3-4-6-15(14)12-22/h3-8,11H,9-10,12-13H2,1-2H3/p+1. The molecule has 0 saturated heterocycles. The molecule has 27 heavy (non-hydrogen) atoms. The number of hydrogen-bond acceptors (Lipinski definition) is 5. The van der Waals surface area contributed by atoms with Crippen molar-refractivity contribution in [3.63, 3.8) is 0 Å². The van der Waals surface area contributed by atoms with Crippen LogP contribution in [0.25, 0.3) is 11.5 Å². The molecule has 1 N–H and O–H groups in total. The van der Waals surface area contributed by atoms with Gasteiger partial charge >= 0.3 is 0 Å². The fourth-order valence-electron chi connectivity index (χ4n) is 3.48. The predicted octanol–water partition coefficient (Wildman–Crippen LogP) is 2.49. The van der Waals surface area contributed by atoms with E-state index < -0.39 is 0 Å². The van der Waals surface area contributed by atoms with Gasteiger partial charge in [0.15, 0.2) is 6.67 Å². The van der Waals surface area contributed by atoms with Crippen LogP contribution >= 0.6 is 12.2 Å². The number of aromatic nitrogens is 2. The average molecular weight is 384 g/mol. The molecule has 1 unspecified atom stereocenters. The molecule has 0 saturated carbocycles. The first-order valence-electron chi connectivity index (χ1n) is 8.88. The fraction of sp³-hybridized carbons (Fsp3) is 0.300. The lowest BCUT2D eigenvalue weighted by Gasteiger charge is -2.25. The molecule has 7 heteroatoms. The lowest BCUT2D eigenvalue weighted by Crippen LogP contribution is -3.11. The van der Waals surface area contributed by atoms with Gasteiger partial charge in [0.05, 0.1) is 26.3 Å². The quantitative estimate of drug-likeness (QED) is 0.685. The van der Waals surface area contributed by atoms with Gasteiger partial charge in [-0.15, -0.1) is 5.10 Å². The van der Waals surface area contributed by atoms with Crippen LogP contribution in [0, 0.1) is 4.84 Å². The largest absolute Gasteiger partial charge is 0.497 e. The molecule has 0 fully saturated rings. The highest BCUT2D eigenvalue weighted by molar-refractivity contribution is 7.71. The lowest BCUT2D eigenvalue weighted by molar-refractivity contribution is -0.939. The maximum Gasteiger partial charge on any atom is 0.292 e. The predicted molar refractivity (Wildman–Crippen MR) is 104 cm³/mol. The molecule has 0 aliphatic carbocycles. The van der Waals surface area contributed by atoms with E-state index in [4.69, 9.17) is 26.1 Å². The Morgan fingerprint density at radius 1 is 1.15 bits per heavy atom. The van der Waals surface area contributed by atoms with Crippen LogP contribution in [0.3, 0.4) is 0 Å². The van der Waals surface area contributed by atoms with Crippen molar-refractivity contribution in [1.82, 2.24) is 9.78 Å². The fourth-order valence-corrected chi connectivity index (χ4v) is 3.66. The molecule has 0 spiro atoms. The van der Waals surface area contributed by atoms with Crippen molar-refractivity contribution in [2.24, 2.45) is 0 Å². The van der Waals surface area contributed by atoms with Crippen molar-refractivity contribution >= 4 is 12.2 Å². The monoisotopic (exact) mass is 384 g/mol. The molecule has 2 heterocycles. The van der Waals surface area contributed by atoms with Gasteiger partial charge in [-0.25, -0.2) is 0 Å². The van der Waals surface area contributed by atoms with Crippen LogP contribution in [-0.2, 0) is 19.6 Å². The van der Waals surface area contributed by atoms with Crippen LogP contribution in [0.2, 0.25) is 0 Å².